The highest BCUT2D eigenvalue weighted by Crippen LogP contribution is 2.27. The number of benzene rings is 1. The van der Waals surface area contributed by atoms with Gasteiger partial charge in [0.15, 0.2) is 6.23 Å². The molecule has 3 rings (SSSR count). The van der Waals surface area contributed by atoms with Gasteiger partial charge in [-0.1, -0.05) is 29.3 Å². The molecule has 1 saturated heterocycles. The average molecular weight is 381 g/mol. The molecule has 0 radical (unpaired) electrons. The molecule has 1 fully saturated rings. The Bertz CT molecular complexity index is 724. The number of aromatic nitrogens is 1. The van der Waals surface area contributed by atoms with Crippen molar-refractivity contribution in [3.63, 3.8) is 0 Å². The molecule has 1 atom stereocenters. The number of pyridine rings is 1. The van der Waals surface area contributed by atoms with E-state index in [4.69, 9.17) is 27.9 Å². The first kappa shape index (κ1) is 17.8. The number of amides is 2. The topological polar surface area (TPSA) is 66.5 Å². The van der Waals surface area contributed by atoms with Gasteiger partial charge in [-0.05, 0) is 24.3 Å². The fraction of sp³-hybridized carbons (Fsp3) is 0.294. The number of hydrogen-bond acceptors (Lipinski definition) is 4. The molecule has 2 N–H and O–H groups in total. The Morgan fingerprint density at radius 2 is 2.04 bits per heavy atom. The lowest BCUT2D eigenvalue weighted by atomic mass is 10.2. The maximum Gasteiger partial charge on any atom is 0.320 e. The Labute approximate surface area is 156 Å². The normalized spacial score (nSPS) is 15.5. The maximum atomic E-state index is 12.6. The summed E-state index contributed by atoms with van der Waals surface area (Å²) in [7, 11) is 0. The van der Waals surface area contributed by atoms with Gasteiger partial charge in [-0.25, -0.2) is 4.79 Å². The van der Waals surface area contributed by atoms with E-state index < -0.39 is 6.23 Å². The van der Waals surface area contributed by atoms with Crippen molar-refractivity contribution in [1.82, 2.24) is 20.5 Å². The molecule has 2 amide bonds. The lowest BCUT2D eigenvalue weighted by molar-refractivity contribution is 0.140. The molecular formula is C17H18Cl2N4O2. The number of ether oxygens (including phenoxy) is 1. The van der Waals surface area contributed by atoms with Gasteiger partial charge in [0.1, 0.15) is 5.75 Å². The first-order chi connectivity index (χ1) is 12.1. The highest BCUT2D eigenvalue weighted by molar-refractivity contribution is 6.42. The van der Waals surface area contributed by atoms with Gasteiger partial charge in [0.25, 0.3) is 0 Å². The van der Waals surface area contributed by atoms with Gasteiger partial charge in [0.05, 0.1) is 16.2 Å². The number of piperazine rings is 1. The summed E-state index contributed by atoms with van der Waals surface area (Å²) in [4.78, 5) is 18.3. The molecule has 1 aliphatic heterocycles. The SMILES string of the molecule is O=C(N[C@H](Oc1cccnc1)c1ccc(Cl)c(Cl)c1)N1CCNCC1. The highest BCUT2D eigenvalue weighted by Gasteiger charge is 2.22. The molecule has 1 aliphatic rings. The average Bonchev–Trinajstić information content (AvgIpc) is 2.65. The monoisotopic (exact) mass is 380 g/mol. The molecule has 8 heteroatoms. The summed E-state index contributed by atoms with van der Waals surface area (Å²) in [5.41, 5.74) is 0.696. The Hall–Kier alpha value is -2.02. The summed E-state index contributed by atoms with van der Waals surface area (Å²) in [6.07, 6.45) is 2.53. The van der Waals surface area contributed by atoms with E-state index in [1.165, 1.54) is 0 Å². The van der Waals surface area contributed by atoms with Crippen molar-refractivity contribution in [2.45, 2.75) is 6.23 Å². The molecule has 1 aromatic heterocycles. The summed E-state index contributed by atoms with van der Waals surface area (Å²) >= 11 is 12.1. The highest BCUT2D eigenvalue weighted by atomic mass is 35.5. The lowest BCUT2D eigenvalue weighted by Crippen LogP contribution is -2.51. The Kier molecular flexibility index (Phi) is 5.96. The third-order valence-electron chi connectivity index (χ3n) is 3.79. The van der Waals surface area contributed by atoms with Crippen LogP contribution in [0.5, 0.6) is 5.75 Å². The van der Waals surface area contributed by atoms with Crippen LogP contribution < -0.4 is 15.4 Å². The summed E-state index contributed by atoms with van der Waals surface area (Å²) in [6, 6.07) is 8.47. The predicted molar refractivity (Wildman–Crippen MR) is 97.0 cm³/mol. The van der Waals surface area contributed by atoms with E-state index in [-0.39, 0.29) is 6.03 Å². The van der Waals surface area contributed by atoms with Crippen molar-refractivity contribution in [3.05, 3.63) is 58.3 Å². The molecule has 0 spiro atoms. The zero-order chi connectivity index (χ0) is 17.6. The number of carbonyl (C=O) groups is 1. The second-order valence-corrected chi connectivity index (χ2v) is 6.36. The Morgan fingerprint density at radius 3 is 2.72 bits per heavy atom. The van der Waals surface area contributed by atoms with E-state index in [1.54, 1.807) is 47.6 Å². The molecule has 0 bridgehead atoms. The fourth-order valence-electron chi connectivity index (χ4n) is 2.48. The molecule has 0 aliphatic carbocycles. The molecule has 2 heterocycles. The van der Waals surface area contributed by atoms with Gasteiger partial charge >= 0.3 is 6.03 Å². The minimum Gasteiger partial charge on any atom is -0.465 e. The molecule has 25 heavy (non-hydrogen) atoms. The van der Waals surface area contributed by atoms with Crippen LogP contribution in [0.3, 0.4) is 0 Å². The van der Waals surface area contributed by atoms with Gasteiger partial charge in [0, 0.05) is 37.9 Å². The molecule has 132 valence electrons. The van der Waals surface area contributed by atoms with Crippen LogP contribution >= 0.6 is 23.2 Å². The Balaban J connectivity index is 1.80. The minimum atomic E-state index is -0.707. The van der Waals surface area contributed by atoms with Crippen LogP contribution in [-0.2, 0) is 0 Å². The molecule has 0 unspecified atom stereocenters. The van der Waals surface area contributed by atoms with Gasteiger partial charge in [0.2, 0.25) is 0 Å². The molecule has 6 nitrogen and oxygen atoms in total. The summed E-state index contributed by atoms with van der Waals surface area (Å²) in [5, 5.41) is 6.96. The van der Waals surface area contributed by atoms with E-state index in [2.05, 4.69) is 15.6 Å². The maximum absolute atomic E-state index is 12.6. The van der Waals surface area contributed by atoms with E-state index in [9.17, 15) is 4.79 Å². The number of rotatable bonds is 4. The number of urea groups is 1. The fourth-order valence-corrected chi connectivity index (χ4v) is 2.79. The molecule has 2 aromatic rings. The van der Waals surface area contributed by atoms with Crippen molar-refractivity contribution in [3.8, 4) is 5.75 Å². The largest absolute Gasteiger partial charge is 0.465 e. The van der Waals surface area contributed by atoms with Gasteiger partial charge in [-0.15, -0.1) is 0 Å². The van der Waals surface area contributed by atoms with E-state index in [0.29, 0.717) is 34.4 Å². The summed E-state index contributed by atoms with van der Waals surface area (Å²) < 4.78 is 5.92. The number of halogens is 2. The van der Waals surface area contributed by atoms with Crippen LogP contribution in [0.25, 0.3) is 0 Å². The van der Waals surface area contributed by atoms with Crippen molar-refractivity contribution in [1.29, 1.82) is 0 Å². The second kappa shape index (κ2) is 8.38. The van der Waals surface area contributed by atoms with Crippen molar-refractivity contribution in [2.24, 2.45) is 0 Å². The van der Waals surface area contributed by atoms with Gasteiger partial charge < -0.3 is 15.0 Å². The van der Waals surface area contributed by atoms with Crippen LogP contribution in [-0.4, -0.2) is 42.1 Å². The van der Waals surface area contributed by atoms with Crippen LogP contribution in [0, 0.1) is 0 Å². The third kappa shape index (κ3) is 4.75. The lowest BCUT2D eigenvalue weighted by Gasteiger charge is -2.30. The Morgan fingerprint density at radius 1 is 1.24 bits per heavy atom. The minimum absolute atomic E-state index is 0.193. The first-order valence-corrected chi connectivity index (χ1v) is 8.67. The van der Waals surface area contributed by atoms with E-state index in [0.717, 1.165) is 13.1 Å². The smallest absolute Gasteiger partial charge is 0.320 e. The standard InChI is InChI=1S/C17H18Cl2N4O2/c18-14-4-3-12(10-15(14)19)16(25-13-2-1-5-21-11-13)22-17(24)23-8-6-20-7-9-23/h1-5,10-11,16,20H,6-9H2,(H,22,24)/t16-/m1/s1. The predicted octanol–water partition coefficient (Wildman–Crippen LogP) is 3.08. The summed E-state index contributed by atoms with van der Waals surface area (Å²) in [6.45, 7) is 2.84. The van der Waals surface area contributed by atoms with Gasteiger partial charge in [-0.3, -0.25) is 10.3 Å². The molecular weight excluding hydrogens is 363 g/mol. The van der Waals surface area contributed by atoms with Crippen LogP contribution in [0.1, 0.15) is 11.8 Å². The summed E-state index contributed by atoms with van der Waals surface area (Å²) in [5.74, 6) is 0.541. The number of hydrogen-bond donors (Lipinski definition) is 2. The van der Waals surface area contributed by atoms with Crippen molar-refractivity contribution in [2.75, 3.05) is 26.2 Å². The van der Waals surface area contributed by atoms with Crippen LogP contribution in [0.2, 0.25) is 10.0 Å². The molecule has 0 saturated carbocycles. The number of nitrogens with one attached hydrogen (secondary N) is 2. The zero-order valence-electron chi connectivity index (χ0n) is 13.4. The van der Waals surface area contributed by atoms with Crippen molar-refractivity contribution >= 4 is 29.2 Å². The van der Waals surface area contributed by atoms with E-state index >= 15 is 0 Å². The zero-order valence-corrected chi connectivity index (χ0v) is 14.9. The third-order valence-corrected chi connectivity index (χ3v) is 4.53. The number of nitrogens with zero attached hydrogens (tertiary/aromatic N) is 2. The van der Waals surface area contributed by atoms with Crippen LogP contribution in [0.15, 0.2) is 42.7 Å². The van der Waals surface area contributed by atoms with E-state index in [1.807, 2.05) is 0 Å². The molecule has 1 aromatic carbocycles. The quantitative estimate of drug-likeness (QED) is 0.799. The first-order valence-electron chi connectivity index (χ1n) is 7.91. The van der Waals surface area contributed by atoms with Crippen molar-refractivity contribution < 1.29 is 9.53 Å². The van der Waals surface area contributed by atoms with Gasteiger partial charge in [-0.2, -0.15) is 0 Å². The number of carbonyl (C=O) groups excluding carboxylic acids is 1. The second-order valence-electron chi connectivity index (χ2n) is 5.55. The van der Waals surface area contributed by atoms with Crippen LogP contribution in [0.4, 0.5) is 4.79 Å².